The lowest BCUT2D eigenvalue weighted by Crippen LogP contribution is -2.10. The summed E-state index contributed by atoms with van der Waals surface area (Å²) in [5.74, 6) is 0. The Labute approximate surface area is 84.9 Å². The average Bonchev–Trinajstić information content (AvgIpc) is 2.72. The number of nitrogens with zero attached hydrogens (tertiary/aromatic N) is 1. The minimum absolute atomic E-state index is 0.141. The van der Waals surface area contributed by atoms with Crippen LogP contribution in [0.5, 0.6) is 0 Å². The van der Waals surface area contributed by atoms with Crippen molar-refractivity contribution in [1.82, 2.24) is 4.98 Å². The fourth-order valence-electron chi connectivity index (χ4n) is 1.93. The molecule has 0 saturated carbocycles. The van der Waals surface area contributed by atoms with Gasteiger partial charge in [-0.2, -0.15) is 0 Å². The molecule has 2 N–H and O–H groups in total. The smallest absolute Gasteiger partial charge is 0.0333 e. The molecule has 2 heteroatoms. The molecule has 0 bridgehead atoms. The van der Waals surface area contributed by atoms with Crippen molar-refractivity contribution in [2.75, 3.05) is 0 Å². The van der Waals surface area contributed by atoms with Crippen molar-refractivity contribution >= 4 is 0 Å². The Morgan fingerprint density at radius 3 is 2.79 bits per heavy atom. The molecular weight excluding hydrogens is 172 g/mol. The highest BCUT2D eigenvalue weighted by atomic mass is 14.7. The van der Waals surface area contributed by atoms with E-state index in [4.69, 9.17) is 5.73 Å². The zero-order chi connectivity index (χ0) is 9.80. The molecular formula is C12H16N2. The summed E-state index contributed by atoms with van der Waals surface area (Å²) in [7, 11) is 0. The van der Waals surface area contributed by atoms with E-state index < -0.39 is 0 Å². The summed E-state index contributed by atoms with van der Waals surface area (Å²) in [6.45, 7) is 0. The molecule has 14 heavy (non-hydrogen) atoms. The average molecular weight is 188 g/mol. The number of pyridine rings is 1. The van der Waals surface area contributed by atoms with Gasteiger partial charge >= 0.3 is 0 Å². The largest absolute Gasteiger partial charge is 0.324 e. The predicted octanol–water partition coefficient (Wildman–Crippen LogP) is 2.58. The maximum absolute atomic E-state index is 6.11. The van der Waals surface area contributed by atoms with Crippen molar-refractivity contribution in [2.45, 2.75) is 31.7 Å². The molecule has 0 aromatic carbocycles. The first-order chi connectivity index (χ1) is 6.86. The van der Waals surface area contributed by atoms with Gasteiger partial charge in [0.2, 0.25) is 0 Å². The van der Waals surface area contributed by atoms with Gasteiger partial charge in [-0.25, -0.2) is 0 Å². The fourth-order valence-corrected chi connectivity index (χ4v) is 1.93. The predicted molar refractivity (Wildman–Crippen MR) is 57.7 cm³/mol. The first kappa shape index (κ1) is 9.41. The number of nitrogens with two attached hydrogens (primary N) is 1. The van der Waals surface area contributed by atoms with Gasteiger partial charge in [0.25, 0.3) is 0 Å². The van der Waals surface area contributed by atoms with Crippen LogP contribution < -0.4 is 5.73 Å². The van der Waals surface area contributed by atoms with Gasteiger partial charge in [0, 0.05) is 18.4 Å². The second-order valence-electron chi connectivity index (χ2n) is 3.85. The number of aromatic nitrogens is 1. The fraction of sp³-hybridized carbons (Fsp3) is 0.417. The van der Waals surface area contributed by atoms with Crippen LogP contribution in [0.2, 0.25) is 0 Å². The Morgan fingerprint density at radius 1 is 1.36 bits per heavy atom. The summed E-state index contributed by atoms with van der Waals surface area (Å²) in [6.07, 6.45) is 10.7. The first-order valence-electron chi connectivity index (χ1n) is 5.19. The summed E-state index contributed by atoms with van der Waals surface area (Å²) in [5, 5.41) is 0. The van der Waals surface area contributed by atoms with Crippen LogP contribution in [0.1, 0.15) is 37.3 Å². The highest BCUT2D eigenvalue weighted by Crippen LogP contribution is 2.26. The van der Waals surface area contributed by atoms with Crippen molar-refractivity contribution in [3.8, 4) is 0 Å². The maximum atomic E-state index is 6.11. The number of rotatable bonds is 3. The zero-order valence-corrected chi connectivity index (χ0v) is 8.32. The van der Waals surface area contributed by atoms with Crippen LogP contribution in [-0.4, -0.2) is 4.98 Å². The van der Waals surface area contributed by atoms with E-state index >= 15 is 0 Å². The zero-order valence-electron chi connectivity index (χ0n) is 8.32. The van der Waals surface area contributed by atoms with E-state index in [2.05, 4.69) is 11.1 Å². The van der Waals surface area contributed by atoms with E-state index in [9.17, 15) is 0 Å². The molecule has 0 fully saturated rings. The summed E-state index contributed by atoms with van der Waals surface area (Å²) >= 11 is 0. The van der Waals surface area contributed by atoms with Crippen LogP contribution in [0.3, 0.4) is 0 Å². The van der Waals surface area contributed by atoms with Gasteiger partial charge in [-0.15, -0.1) is 0 Å². The van der Waals surface area contributed by atoms with E-state index in [0.717, 1.165) is 6.42 Å². The minimum atomic E-state index is 0.141. The minimum Gasteiger partial charge on any atom is -0.324 e. The molecule has 0 aliphatic heterocycles. The molecule has 74 valence electrons. The lowest BCUT2D eigenvalue weighted by atomic mass is 10.0. The van der Waals surface area contributed by atoms with E-state index in [1.165, 1.54) is 30.4 Å². The Balaban J connectivity index is 1.99. The third-order valence-corrected chi connectivity index (χ3v) is 2.75. The Morgan fingerprint density at radius 2 is 2.14 bits per heavy atom. The van der Waals surface area contributed by atoms with E-state index in [1.54, 1.807) is 12.4 Å². The third-order valence-electron chi connectivity index (χ3n) is 2.75. The molecule has 0 spiro atoms. The van der Waals surface area contributed by atoms with Gasteiger partial charge in [-0.05, 0) is 43.4 Å². The molecule has 1 aromatic rings. The lowest BCUT2D eigenvalue weighted by molar-refractivity contribution is 0.696. The summed E-state index contributed by atoms with van der Waals surface area (Å²) in [5.41, 5.74) is 8.82. The molecule has 1 aliphatic carbocycles. The van der Waals surface area contributed by atoms with Crippen molar-refractivity contribution < 1.29 is 0 Å². The summed E-state index contributed by atoms with van der Waals surface area (Å²) in [6, 6.07) is 4.14. The summed E-state index contributed by atoms with van der Waals surface area (Å²) in [4.78, 5) is 3.99. The highest BCUT2D eigenvalue weighted by Gasteiger charge is 2.10. The van der Waals surface area contributed by atoms with Gasteiger partial charge in [-0.3, -0.25) is 4.98 Å². The SMILES string of the molecule is NC(CC1=CCCC1)c1ccncc1. The topological polar surface area (TPSA) is 38.9 Å². The number of hydrogen-bond donors (Lipinski definition) is 1. The maximum Gasteiger partial charge on any atom is 0.0333 e. The van der Waals surface area contributed by atoms with Gasteiger partial charge in [-0.1, -0.05) is 11.6 Å². The molecule has 1 heterocycles. The van der Waals surface area contributed by atoms with Crippen LogP contribution in [0.25, 0.3) is 0 Å². The van der Waals surface area contributed by atoms with Crippen molar-refractivity contribution in [3.05, 3.63) is 41.7 Å². The second-order valence-corrected chi connectivity index (χ2v) is 3.85. The quantitative estimate of drug-likeness (QED) is 0.740. The molecule has 0 saturated heterocycles. The van der Waals surface area contributed by atoms with Gasteiger partial charge in [0.05, 0.1) is 0 Å². The molecule has 0 amide bonds. The van der Waals surface area contributed by atoms with Crippen LogP contribution >= 0.6 is 0 Å². The normalized spacial score (nSPS) is 17.9. The van der Waals surface area contributed by atoms with Crippen molar-refractivity contribution in [3.63, 3.8) is 0 Å². The van der Waals surface area contributed by atoms with Crippen LogP contribution in [0.15, 0.2) is 36.2 Å². The molecule has 1 aromatic heterocycles. The number of allylic oxidation sites excluding steroid dienone is 1. The molecule has 1 aliphatic rings. The molecule has 2 rings (SSSR count). The monoisotopic (exact) mass is 188 g/mol. The second kappa shape index (κ2) is 4.38. The standard InChI is InChI=1S/C12H16N2/c13-12(9-10-3-1-2-4-10)11-5-7-14-8-6-11/h3,5-8,12H,1-2,4,9,13H2. The molecule has 0 radical (unpaired) electrons. The van der Waals surface area contributed by atoms with Gasteiger partial charge in [0.1, 0.15) is 0 Å². The number of hydrogen-bond acceptors (Lipinski definition) is 2. The molecule has 2 nitrogen and oxygen atoms in total. The third kappa shape index (κ3) is 2.20. The van der Waals surface area contributed by atoms with Crippen LogP contribution in [0, 0.1) is 0 Å². The van der Waals surface area contributed by atoms with Gasteiger partial charge < -0.3 is 5.73 Å². The molecule has 1 unspecified atom stereocenters. The van der Waals surface area contributed by atoms with Crippen LogP contribution in [-0.2, 0) is 0 Å². The van der Waals surface area contributed by atoms with Crippen molar-refractivity contribution in [1.29, 1.82) is 0 Å². The van der Waals surface area contributed by atoms with Crippen molar-refractivity contribution in [2.24, 2.45) is 5.73 Å². The Bertz CT molecular complexity index is 316. The summed E-state index contributed by atoms with van der Waals surface area (Å²) < 4.78 is 0. The van der Waals surface area contributed by atoms with E-state index in [-0.39, 0.29) is 6.04 Å². The lowest BCUT2D eigenvalue weighted by Gasteiger charge is -2.12. The van der Waals surface area contributed by atoms with E-state index in [0.29, 0.717) is 0 Å². The Kier molecular flexibility index (Phi) is 2.94. The molecule has 1 atom stereocenters. The van der Waals surface area contributed by atoms with E-state index in [1.807, 2.05) is 12.1 Å². The highest BCUT2D eigenvalue weighted by molar-refractivity contribution is 5.19. The Hall–Kier alpha value is -1.15. The van der Waals surface area contributed by atoms with Crippen LogP contribution in [0.4, 0.5) is 0 Å². The van der Waals surface area contributed by atoms with Gasteiger partial charge in [0.15, 0.2) is 0 Å². The first-order valence-corrected chi connectivity index (χ1v) is 5.19.